The molecule has 18 heavy (non-hydrogen) atoms. The Hall–Kier alpha value is -1.22. The molecular formula is C9H9N3O4S2. The molecule has 7 nitrogen and oxygen atoms in total. The van der Waals surface area contributed by atoms with Crippen LogP contribution >= 0.6 is 23.5 Å². The van der Waals surface area contributed by atoms with Crippen molar-refractivity contribution in [1.82, 2.24) is 15.1 Å². The van der Waals surface area contributed by atoms with Crippen molar-refractivity contribution in [2.75, 3.05) is 12.0 Å². The fourth-order valence-corrected chi connectivity index (χ4v) is 3.96. The lowest BCUT2D eigenvalue weighted by molar-refractivity contribution is -0.167. The standard InChI is InChI=1S/C9H9N3O4S2/c1-17-8-11-10-6(16-8)9(7(14)15)3-18-5-2-4(13)12(5)9/h5H,2-3H2,1H3,(H,14,15)/t5-,9?/m1/s1. The maximum Gasteiger partial charge on any atom is 0.340 e. The highest BCUT2D eigenvalue weighted by molar-refractivity contribution is 8.00. The lowest BCUT2D eigenvalue weighted by Crippen LogP contribution is -2.61. The van der Waals surface area contributed by atoms with Crippen molar-refractivity contribution in [3.05, 3.63) is 5.89 Å². The first-order chi connectivity index (χ1) is 8.59. The molecule has 0 spiro atoms. The average molecular weight is 287 g/mol. The van der Waals surface area contributed by atoms with E-state index in [2.05, 4.69) is 10.2 Å². The largest absolute Gasteiger partial charge is 0.479 e. The molecule has 2 aliphatic rings. The lowest BCUT2D eigenvalue weighted by atomic mass is 9.95. The summed E-state index contributed by atoms with van der Waals surface area (Å²) in [6.45, 7) is 0. The van der Waals surface area contributed by atoms with Gasteiger partial charge in [-0.25, -0.2) is 4.79 Å². The van der Waals surface area contributed by atoms with E-state index in [4.69, 9.17) is 4.42 Å². The molecule has 2 saturated heterocycles. The number of aliphatic carboxylic acids is 1. The second-order valence-electron chi connectivity index (χ2n) is 3.98. The van der Waals surface area contributed by atoms with Crippen molar-refractivity contribution in [3.63, 3.8) is 0 Å². The molecule has 0 aromatic carbocycles. The van der Waals surface area contributed by atoms with Gasteiger partial charge in [-0.2, -0.15) is 0 Å². The first-order valence-corrected chi connectivity index (χ1v) is 7.42. The zero-order chi connectivity index (χ0) is 12.9. The second kappa shape index (κ2) is 3.89. The van der Waals surface area contributed by atoms with E-state index in [0.717, 1.165) is 0 Å². The van der Waals surface area contributed by atoms with E-state index < -0.39 is 11.5 Å². The van der Waals surface area contributed by atoms with Crippen LogP contribution in [0.5, 0.6) is 0 Å². The molecule has 1 aromatic heterocycles. The molecule has 0 saturated carbocycles. The number of amides is 1. The van der Waals surface area contributed by atoms with E-state index in [9.17, 15) is 14.7 Å². The Morgan fingerprint density at radius 1 is 1.67 bits per heavy atom. The molecule has 96 valence electrons. The van der Waals surface area contributed by atoms with Gasteiger partial charge in [0.05, 0.1) is 11.8 Å². The number of fused-ring (bicyclic) bond motifs is 1. The smallest absolute Gasteiger partial charge is 0.340 e. The van der Waals surface area contributed by atoms with Crippen LogP contribution < -0.4 is 0 Å². The Kier molecular flexibility index (Phi) is 2.56. The summed E-state index contributed by atoms with van der Waals surface area (Å²) >= 11 is 2.67. The third-order valence-electron chi connectivity index (χ3n) is 3.09. The van der Waals surface area contributed by atoms with E-state index in [1.807, 2.05) is 0 Å². The number of carboxylic acid groups (broad SMARTS) is 1. The molecule has 2 fully saturated rings. The quantitative estimate of drug-likeness (QED) is 0.629. The first-order valence-electron chi connectivity index (χ1n) is 5.14. The highest BCUT2D eigenvalue weighted by atomic mass is 32.2. The Morgan fingerprint density at radius 2 is 2.44 bits per heavy atom. The van der Waals surface area contributed by atoms with Crippen molar-refractivity contribution in [2.24, 2.45) is 0 Å². The summed E-state index contributed by atoms with van der Waals surface area (Å²) in [5.74, 6) is -1.07. The molecule has 2 atom stereocenters. The molecule has 2 aliphatic heterocycles. The summed E-state index contributed by atoms with van der Waals surface area (Å²) in [4.78, 5) is 24.6. The maximum absolute atomic E-state index is 11.6. The Labute approximate surface area is 110 Å². The van der Waals surface area contributed by atoms with Crippen LogP contribution in [0.4, 0.5) is 0 Å². The van der Waals surface area contributed by atoms with Gasteiger partial charge < -0.3 is 14.4 Å². The van der Waals surface area contributed by atoms with Crippen LogP contribution in [0, 0.1) is 0 Å². The highest BCUT2D eigenvalue weighted by Crippen LogP contribution is 2.50. The van der Waals surface area contributed by atoms with Crippen molar-refractivity contribution in [3.8, 4) is 0 Å². The molecule has 0 aliphatic carbocycles. The minimum Gasteiger partial charge on any atom is -0.479 e. The van der Waals surface area contributed by atoms with Crippen molar-refractivity contribution in [1.29, 1.82) is 0 Å². The Morgan fingerprint density at radius 3 is 3.00 bits per heavy atom. The topological polar surface area (TPSA) is 96.5 Å². The molecular weight excluding hydrogens is 278 g/mol. The average Bonchev–Trinajstić information content (AvgIpc) is 2.90. The van der Waals surface area contributed by atoms with Gasteiger partial charge in [0.25, 0.3) is 11.1 Å². The normalized spacial score (nSPS) is 30.2. The third-order valence-corrected chi connectivity index (χ3v) is 4.95. The second-order valence-corrected chi connectivity index (χ2v) is 5.90. The van der Waals surface area contributed by atoms with E-state index in [-0.39, 0.29) is 22.9 Å². The predicted molar refractivity (Wildman–Crippen MR) is 63.1 cm³/mol. The number of thioether (sulfide) groups is 2. The molecule has 0 radical (unpaired) electrons. The van der Waals surface area contributed by atoms with Gasteiger partial charge in [-0.15, -0.1) is 22.0 Å². The summed E-state index contributed by atoms with van der Waals surface area (Å²) in [5, 5.41) is 17.3. The van der Waals surface area contributed by atoms with Crippen LogP contribution in [0.3, 0.4) is 0 Å². The summed E-state index contributed by atoms with van der Waals surface area (Å²) in [6.07, 6.45) is 2.13. The van der Waals surface area contributed by atoms with E-state index in [1.54, 1.807) is 6.26 Å². The van der Waals surface area contributed by atoms with Crippen LogP contribution in [-0.2, 0) is 15.1 Å². The van der Waals surface area contributed by atoms with Gasteiger partial charge in [0.1, 0.15) is 0 Å². The molecule has 3 heterocycles. The lowest BCUT2D eigenvalue weighted by Gasteiger charge is -2.41. The summed E-state index contributed by atoms with van der Waals surface area (Å²) in [5.41, 5.74) is -1.49. The highest BCUT2D eigenvalue weighted by Gasteiger charge is 2.64. The van der Waals surface area contributed by atoms with Gasteiger partial charge in [-0.05, 0) is 6.26 Å². The number of hydrogen-bond donors (Lipinski definition) is 1. The first kappa shape index (κ1) is 11.8. The zero-order valence-corrected chi connectivity index (χ0v) is 11.0. The SMILES string of the molecule is CSc1nnc(C2(C(=O)O)CS[C@@H]3CC(=O)N32)o1. The van der Waals surface area contributed by atoms with Gasteiger partial charge in [-0.3, -0.25) is 4.79 Å². The number of nitrogens with zero attached hydrogens (tertiary/aromatic N) is 3. The van der Waals surface area contributed by atoms with E-state index in [1.165, 1.54) is 28.4 Å². The zero-order valence-electron chi connectivity index (χ0n) is 9.32. The number of rotatable bonds is 3. The van der Waals surface area contributed by atoms with Crippen LogP contribution in [0.15, 0.2) is 9.64 Å². The summed E-state index contributed by atoms with van der Waals surface area (Å²) in [6, 6.07) is 0. The van der Waals surface area contributed by atoms with Gasteiger partial charge in [0.15, 0.2) is 0 Å². The molecule has 1 amide bonds. The number of carbonyl (C=O) groups is 2. The van der Waals surface area contributed by atoms with E-state index >= 15 is 0 Å². The summed E-state index contributed by atoms with van der Waals surface area (Å²) < 4.78 is 5.34. The number of aromatic nitrogens is 2. The van der Waals surface area contributed by atoms with E-state index in [0.29, 0.717) is 11.6 Å². The van der Waals surface area contributed by atoms with Crippen molar-refractivity contribution >= 4 is 35.4 Å². The number of carbonyl (C=O) groups excluding carboxylic acids is 1. The number of β-lactam (4-membered cyclic amide) rings is 1. The molecule has 3 rings (SSSR count). The van der Waals surface area contributed by atoms with Gasteiger partial charge in [-0.1, -0.05) is 11.8 Å². The molecule has 1 N–H and O–H groups in total. The van der Waals surface area contributed by atoms with Crippen LogP contribution in [0.2, 0.25) is 0 Å². The minimum atomic E-state index is -1.49. The summed E-state index contributed by atoms with van der Waals surface area (Å²) in [7, 11) is 0. The molecule has 1 aromatic rings. The Bertz CT molecular complexity index is 534. The molecule has 9 heteroatoms. The molecule has 1 unspecified atom stereocenters. The van der Waals surface area contributed by atoms with Gasteiger partial charge >= 0.3 is 5.97 Å². The molecule has 0 bridgehead atoms. The number of hydrogen-bond acceptors (Lipinski definition) is 7. The van der Waals surface area contributed by atoms with Crippen molar-refractivity contribution in [2.45, 2.75) is 22.6 Å². The minimum absolute atomic E-state index is 0.0117. The van der Waals surface area contributed by atoms with Crippen LogP contribution in [-0.4, -0.2) is 49.5 Å². The Balaban J connectivity index is 2.07. The van der Waals surface area contributed by atoms with Gasteiger partial charge in [0.2, 0.25) is 11.4 Å². The maximum atomic E-state index is 11.6. The monoisotopic (exact) mass is 287 g/mol. The van der Waals surface area contributed by atoms with Gasteiger partial charge in [0, 0.05) is 5.75 Å². The fourth-order valence-electron chi connectivity index (χ4n) is 2.15. The number of carboxylic acids is 1. The van der Waals surface area contributed by atoms with Crippen molar-refractivity contribution < 1.29 is 19.1 Å². The fraction of sp³-hybridized carbons (Fsp3) is 0.556. The third kappa shape index (κ3) is 1.34. The predicted octanol–water partition coefficient (Wildman–Crippen LogP) is 0.377. The van der Waals surface area contributed by atoms with Crippen LogP contribution in [0.25, 0.3) is 0 Å². The van der Waals surface area contributed by atoms with Crippen LogP contribution in [0.1, 0.15) is 12.3 Å².